The smallest absolute Gasteiger partial charge is 0.0339 e. The molecule has 3 unspecified atom stereocenters. The van der Waals surface area contributed by atoms with Crippen molar-refractivity contribution in [1.29, 1.82) is 0 Å². The highest BCUT2D eigenvalue weighted by Gasteiger charge is 2.34. The standard InChI is InChI=1S/C16H27N3/c1-12-9-18-15(16(3,4)5)11-19(12)13(2)14-7-6-8-17-10-14/h6-8,10,12-13,15,18H,9,11H2,1-5H3. The van der Waals surface area contributed by atoms with Gasteiger partial charge in [0.25, 0.3) is 0 Å². The second kappa shape index (κ2) is 5.59. The van der Waals surface area contributed by atoms with Crippen molar-refractivity contribution in [2.45, 2.75) is 52.7 Å². The molecule has 3 atom stereocenters. The van der Waals surface area contributed by atoms with Gasteiger partial charge in [-0.25, -0.2) is 0 Å². The highest BCUT2D eigenvalue weighted by molar-refractivity contribution is 5.14. The largest absolute Gasteiger partial charge is 0.311 e. The van der Waals surface area contributed by atoms with E-state index in [2.05, 4.69) is 55.9 Å². The highest BCUT2D eigenvalue weighted by atomic mass is 15.3. The van der Waals surface area contributed by atoms with Gasteiger partial charge in [-0.15, -0.1) is 0 Å². The third kappa shape index (κ3) is 3.34. The van der Waals surface area contributed by atoms with E-state index in [1.54, 1.807) is 0 Å². The summed E-state index contributed by atoms with van der Waals surface area (Å²) in [6, 6.07) is 5.74. The molecule has 0 radical (unpaired) electrons. The molecule has 1 aliphatic heterocycles. The first kappa shape index (κ1) is 14.5. The summed E-state index contributed by atoms with van der Waals surface area (Å²) < 4.78 is 0. The summed E-state index contributed by atoms with van der Waals surface area (Å²) in [5.74, 6) is 0. The van der Waals surface area contributed by atoms with Crippen molar-refractivity contribution in [3.8, 4) is 0 Å². The maximum atomic E-state index is 4.25. The van der Waals surface area contributed by atoms with Gasteiger partial charge >= 0.3 is 0 Å². The third-order valence-corrected chi connectivity index (χ3v) is 4.33. The van der Waals surface area contributed by atoms with E-state index in [0.717, 1.165) is 13.1 Å². The van der Waals surface area contributed by atoms with E-state index in [9.17, 15) is 0 Å². The van der Waals surface area contributed by atoms with Crippen LogP contribution in [0.25, 0.3) is 0 Å². The monoisotopic (exact) mass is 261 g/mol. The lowest BCUT2D eigenvalue weighted by Crippen LogP contribution is -2.59. The summed E-state index contributed by atoms with van der Waals surface area (Å²) in [5, 5.41) is 3.69. The van der Waals surface area contributed by atoms with Crippen molar-refractivity contribution < 1.29 is 0 Å². The first-order valence-electron chi connectivity index (χ1n) is 7.28. The van der Waals surface area contributed by atoms with Crippen LogP contribution in [0.2, 0.25) is 0 Å². The first-order chi connectivity index (χ1) is 8.89. The number of nitrogens with zero attached hydrogens (tertiary/aromatic N) is 2. The molecule has 0 aliphatic carbocycles. The van der Waals surface area contributed by atoms with Crippen LogP contribution in [0.3, 0.4) is 0 Å². The Balaban J connectivity index is 2.13. The Morgan fingerprint density at radius 1 is 1.42 bits per heavy atom. The van der Waals surface area contributed by atoms with Crippen LogP contribution in [0.1, 0.15) is 46.2 Å². The Kier molecular flexibility index (Phi) is 4.26. The summed E-state index contributed by atoms with van der Waals surface area (Å²) in [7, 11) is 0. The van der Waals surface area contributed by atoms with Gasteiger partial charge in [0.05, 0.1) is 0 Å². The average molecular weight is 261 g/mol. The van der Waals surface area contributed by atoms with Gasteiger partial charge in [0, 0.05) is 43.6 Å². The molecule has 3 heteroatoms. The molecular weight excluding hydrogens is 234 g/mol. The van der Waals surface area contributed by atoms with Crippen molar-refractivity contribution >= 4 is 0 Å². The predicted octanol–water partition coefficient (Wildman–Crippen LogP) is 2.85. The molecule has 1 N–H and O–H groups in total. The molecule has 2 rings (SSSR count). The lowest BCUT2D eigenvalue weighted by atomic mass is 9.84. The van der Waals surface area contributed by atoms with Gasteiger partial charge < -0.3 is 5.32 Å². The Morgan fingerprint density at radius 3 is 2.74 bits per heavy atom. The van der Waals surface area contributed by atoms with E-state index in [0.29, 0.717) is 23.5 Å². The van der Waals surface area contributed by atoms with Gasteiger partial charge in [-0.1, -0.05) is 26.8 Å². The molecule has 0 saturated carbocycles. The van der Waals surface area contributed by atoms with Gasteiger partial charge in [0.15, 0.2) is 0 Å². The highest BCUT2D eigenvalue weighted by Crippen LogP contribution is 2.29. The van der Waals surface area contributed by atoms with Gasteiger partial charge in [-0.05, 0) is 30.9 Å². The van der Waals surface area contributed by atoms with Crippen molar-refractivity contribution in [1.82, 2.24) is 15.2 Å². The summed E-state index contributed by atoms with van der Waals surface area (Å²) in [4.78, 5) is 6.85. The molecule has 1 aromatic heterocycles. The molecule has 1 fully saturated rings. The summed E-state index contributed by atoms with van der Waals surface area (Å²) in [6.45, 7) is 13.7. The fourth-order valence-corrected chi connectivity index (χ4v) is 2.82. The van der Waals surface area contributed by atoms with Crippen LogP contribution in [-0.2, 0) is 0 Å². The Labute approximate surface area is 117 Å². The third-order valence-electron chi connectivity index (χ3n) is 4.33. The summed E-state index contributed by atoms with van der Waals surface area (Å²) in [6.07, 6.45) is 3.83. The van der Waals surface area contributed by atoms with Crippen molar-refractivity contribution in [3.63, 3.8) is 0 Å². The maximum Gasteiger partial charge on any atom is 0.0339 e. The number of nitrogens with one attached hydrogen (secondary N) is 1. The van der Waals surface area contributed by atoms with Gasteiger partial charge in [0.2, 0.25) is 0 Å². The van der Waals surface area contributed by atoms with Crippen LogP contribution in [-0.4, -0.2) is 35.1 Å². The number of hydrogen-bond acceptors (Lipinski definition) is 3. The lowest BCUT2D eigenvalue weighted by molar-refractivity contribution is 0.0627. The van der Waals surface area contributed by atoms with Crippen molar-refractivity contribution in [3.05, 3.63) is 30.1 Å². The molecule has 0 aromatic carbocycles. The molecule has 1 aliphatic rings. The minimum absolute atomic E-state index is 0.299. The van der Waals surface area contributed by atoms with Crippen LogP contribution in [0.4, 0.5) is 0 Å². The van der Waals surface area contributed by atoms with Crippen LogP contribution < -0.4 is 5.32 Å². The van der Waals surface area contributed by atoms with E-state index in [4.69, 9.17) is 0 Å². The molecule has 1 saturated heterocycles. The number of rotatable bonds is 2. The van der Waals surface area contributed by atoms with E-state index < -0.39 is 0 Å². The van der Waals surface area contributed by atoms with Crippen LogP contribution in [0.15, 0.2) is 24.5 Å². The van der Waals surface area contributed by atoms with Crippen LogP contribution in [0, 0.1) is 5.41 Å². The SMILES string of the molecule is CC1CNC(C(C)(C)C)CN1C(C)c1cccnc1. The second-order valence-corrected chi connectivity index (χ2v) is 6.84. The van der Waals surface area contributed by atoms with Gasteiger partial charge in [-0.2, -0.15) is 0 Å². The zero-order valence-corrected chi connectivity index (χ0v) is 12.9. The van der Waals surface area contributed by atoms with Crippen LogP contribution in [0.5, 0.6) is 0 Å². The zero-order chi connectivity index (χ0) is 14.0. The molecule has 106 valence electrons. The quantitative estimate of drug-likeness (QED) is 0.887. The molecule has 2 heterocycles. The molecule has 3 nitrogen and oxygen atoms in total. The normalized spacial score (nSPS) is 27.2. The van der Waals surface area contributed by atoms with Gasteiger partial charge in [0.1, 0.15) is 0 Å². The molecule has 0 amide bonds. The van der Waals surface area contributed by atoms with E-state index in [-0.39, 0.29) is 0 Å². The summed E-state index contributed by atoms with van der Waals surface area (Å²) in [5.41, 5.74) is 1.61. The molecule has 19 heavy (non-hydrogen) atoms. The molecule has 1 aromatic rings. The Hall–Kier alpha value is -0.930. The fourth-order valence-electron chi connectivity index (χ4n) is 2.82. The van der Waals surface area contributed by atoms with Crippen molar-refractivity contribution in [2.75, 3.05) is 13.1 Å². The minimum Gasteiger partial charge on any atom is -0.311 e. The topological polar surface area (TPSA) is 28.2 Å². The number of piperazine rings is 1. The molecule has 0 spiro atoms. The molecule has 0 bridgehead atoms. The lowest BCUT2D eigenvalue weighted by Gasteiger charge is -2.46. The van der Waals surface area contributed by atoms with E-state index in [1.165, 1.54) is 5.56 Å². The van der Waals surface area contributed by atoms with E-state index in [1.807, 2.05) is 18.5 Å². The predicted molar refractivity (Wildman–Crippen MR) is 80.1 cm³/mol. The first-order valence-corrected chi connectivity index (χ1v) is 7.28. The van der Waals surface area contributed by atoms with Crippen molar-refractivity contribution in [2.24, 2.45) is 5.41 Å². The number of aromatic nitrogens is 1. The maximum absolute atomic E-state index is 4.25. The van der Waals surface area contributed by atoms with Crippen LogP contribution >= 0.6 is 0 Å². The summed E-state index contributed by atoms with van der Waals surface area (Å²) >= 11 is 0. The Bertz CT molecular complexity index is 396. The zero-order valence-electron chi connectivity index (χ0n) is 12.9. The Morgan fingerprint density at radius 2 is 2.16 bits per heavy atom. The fraction of sp³-hybridized carbons (Fsp3) is 0.688. The van der Waals surface area contributed by atoms with E-state index >= 15 is 0 Å². The van der Waals surface area contributed by atoms with Gasteiger partial charge in [-0.3, -0.25) is 9.88 Å². The number of hydrogen-bond donors (Lipinski definition) is 1. The average Bonchev–Trinajstić information content (AvgIpc) is 2.38. The number of pyridine rings is 1. The second-order valence-electron chi connectivity index (χ2n) is 6.84. The minimum atomic E-state index is 0.299. The molecular formula is C16H27N3.